The molecule has 13 heteroatoms. The molecular weight excluding hydrogens is 559 g/mol. The number of aliphatic carboxylic acids is 1. The number of anilines is 2. The normalized spacial score (nSPS) is 14.5. The summed E-state index contributed by atoms with van der Waals surface area (Å²) in [4.78, 5) is 53.7. The lowest BCUT2D eigenvalue weighted by Crippen LogP contribution is -2.50. The zero-order valence-corrected chi connectivity index (χ0v) is 22.6. The Morgan fingerprint density at radius 2 is 1.88 bits per heavy atom. The number of carboxylic acid groups (broad SMARTS) is 1. The molecule has 1 unspecified atom stereocenters. The largest absolute Gasteiger partial charge is 0.480 e. The summed E-state index contributed by atoms with van der Waals surface area (Å²) in [6.07, 6.45) is 3.00. The smallest absolute Gasteiger partial charge is 0.328 e. The highest BCUT2D eigenvalue weighted by molar-refractivity contribution is 6.41. The van der Waals surface area contributed by atoms with Crippen molar-refractivity contribution in [2.75, 3.05) is 17.6 Å². The number of fused-ring (bicyclic) bond motifs is 1. The third-order valence-corrected chi connectivity index (χ3v) is 7.02. The first-order valence-corrected chi connectivity index (χ1v) is 13.0. The van der Waals surface area contributed by atoms with Crippen LogP contribution in [-0.2, 0) is 22.4 Å². The average molecular weight is 585 g/mol. The summed E-state index contributed by atoms with van der Waals surface area (Å²) in [5.41, 5.74) is 8.30. The molecule has 11 nitrogen and oxygen atoms in total. The maximum absolute atomic E-state index is 13.0. The fourth-order valence-corrected chi connectivity index (χ4v) is 4.97. The van der Waals surface area contributed by atoms with Gasteiger partial charge in [-0.05, 0) is 53.8 Å². The molecule has 7 N–H and O–H groups in total. The molecule has 0 aliphatic heterocycles. The van der Waals surface area contributed by atoms with E-state index in [2.05, 4.69) is 26.3 Å². The Kier molecular flexibility index (Phi) is 9.08. The van der Waals surface area contributed by atoms with Gasteiger partial charge < -0.3 is 32.1 Å². The summed E-state index contributed by atoms with van der Waals surface area (Å²) in [5, 5.41) is 19.7. The van der Waals surface area contributed by atoms with E-state index in [4.69, 9.17) is 28.9 Å². The van der Waals surface area contributed by atoms with Gasteiger partial charge in [-0.3, -0.25) is 9.59 Å². The second-order valence-corrected chi connectivity index (χ2v) is 9.89. The Hall–Kier alpha value is -4.35. The van der Waals surface area contributed by atoms with Crippen molar-refractivity contribution >= 4 is 58.5 Å². The molecule has 0 radical (unpaired) electrons. The van der Waals surface area contributed by atoms with Gasteiger partial charge in [0.1, 0.15) is 11.9 Å². The standard InChI is InChI=1S/C27H26Cl2N6O5/c28-17-6-8-19(33-22(36)12-14-9-10-31-21(30)11-14)24(29)23(17)25(37)34-20(26(38)39)13-32-27(40)35-18-7-5-15-3-1-2-4-16(15)18/h1-4,6,8-11,18,20H,5,7,12-13H2,(H2,30,31)(H,33,36)(H,34,37)(H,38,39)(H2,32,35,40)/t18?,20-/m0/s1. The number of hydrogen-bond donors (Lipinski definition) is 6. The van der Waals surface area contributed by atoms with Gasteiger partial charge in [-0.2, -0.15) is 0 Å². The molecule has 0 bridgehead atoms. The van der Waals surface area contributed by atoms with Crippen LogP contribution in [0.2, 0.25) is 10.0 Å². The molecule has 1 heterocycles. The highest BCUT2D eigenvalue weighted by Crippen LogP contribution is 2.32. The molecule has 0 saturated heterocycles. The fourth-order valence-electron chi connectivity index (χ4n) is 4.38. The number of aryl methyl sites for hydroxylation is 1. The number of carboxylic acids is 1. The molecule has 40 heavy (non-hydrogen) atoms. The van der Waals surface area contributed by atoms with Gasteiger partial charge in [-0.25, -0.2) is 14.6 Å². The van der Waals surface area contributed by atoms with Crippen LogP contribution in [0, 0.1) is 0 Å². The zero-order chi connectivity index (χ0) is 28.8. The van der Waals surface area contributed by atoms with E-state index in [-0.39, 0.29) is 39.6 Å². The van der Waals surface area contributed by atoms with E-state index >= 15 is 0 Å². The fraction of sp³-hybridized carbons (Fsp3) is 0.222. The quantitative estimate of drug-likeness (QED) is 0.223. The number of benzene rings is 2. The van der Waals surface area contributed by atoms with Crippen molar-refractivity contribution in [3.8, 4) is 0 Å². The first-order chi connectivity index (χ1) is 19.1. The molecule has 4 rings (SSSR count). The summed E-state index contributed by atoms with van der Waals surface area (Å²) in [6, 6.07) is 11.5. The minimum Gasteiger partial charge on any atom is -0.480 e. The average Bonchev–Trinajstić information content (AvgIpc) is 3.30. The maximum atomic E-state index is 13.0. The minimum atomic E-state index is -1.49. The molecule has 2 aromatic carbocycles. The lowest BCUT2D eigenvalue weighted by molar-refractivity contribution is -0.139. The third kappa shape index (κ3) is 6.99. The van der Waals surface area contributed by atoms with Crippen molar-refractivity contribution in [1.29, 1.82) is 0 Å². The third-order valence-electron chi connectivity index (χ3n) is 6.31. The molecule has 1 aliphatic carbocycles. The van der Waals surface area contributed by atoms with Crippen molar-refractivity contribution < 1.29 is 24.3 Å². The van der Waals surface area contributed by atoms with Gasteiger partial charge in [-0.1, -0.05) is 47.5 Å². The summed E-state index contributed by atoms with van der Waals surface area (Å²) in [6.45, 7) is -0.401. The molecule has 1 aromatic heterocycles. The van der Waals surface area contributed by atoms with E-state index in [1.165, 1.54) is 18.3 Å². The Morgan fingerprint density at radius 3 is 2.62 bits per heavy atom. The van der Waals surface area contributed by atoms with Gasteiger partial charge in [-0.15, -0.1) is 0 Å². The van der Waals surface area contributed by atoms with Crippen molar-refractivity contribution in [1.82, 2.24) is 20.9 Å². The van der Waals surface area contributed by atoms with Gasteiger partial charge in [0, 0.05) is 6.20 Å². The van der Waals surface area contributed by atoms with Crippen molar-refractivity contribution in [2.45, 2.75) is 31.3 Å². The summed E-state index contributed by atoms with van der Waals surface area (Å²) in [5.74, 6) is -2.46. The summed E-state index contributed by atoms with van der Waals surface area (Å²) < 4.78 is 0. The number of nitrogens with two attached hydrogens (primary N) is 1. The lowest BCUT2D eigenvalue weighted by atomic mass is 10.1. The number of halogens is 2. The van der Waals surface area contributed by atoms with Crippen molar-refractivity contribution in [2.24, 2.45) is 0 Å². The second kappa shape index (κ2) is 12.7. The van der Waals surface area contributed by atoms with E-state index in [0.29, 0.717) is 5.56 Å². The number of amides is 4. The van der Waals surface area contributed by atoms with Crippen LogP contribution in [-0.4, -0.2) is 46.5 Å². The highest BCUT2D eigenvalue weighted by atomic mass is 35.5. The van der Waals surface area contributed by atoms with Crippen LogP contribution in [0.1, 0.15) is 39.5 Å². The van der Waals surface area contributed by atoms with E-state index in [1.54, 1.807) is 12.1 Å². The lowest BCUT2D eigenvalue weighted by Gasteiger charge is -2.19. The van der Waals surface area contributed by atoms with Crippen LogP contribution < -0.4 is 27.0 Å². The number of carbonyl (C=O) groups excluding carboxylic acids is 3. The molecule has 208 valence electrons. The first kappa shape index (κ1) is 28.7. The number of urea groups is 1. The van der Waals surface area contributed by atoms with Crippen LogP contribution in [0.4, 0.5) is 16.3 Å². The number of aromatic nitrogens is 1. The summed E-state index contributed by atoms with van der Waals surface area (Å²) in [7, 11) is 0. The molecule has 0 spiro atoms. The number of pyridine rings is 1. The predicted octanol–water partition coefficient (Wildman–Crippen LogP) is 3.32. The van der Waals surface area contributed by atoms with Crippen LogP contribution in [0.5, 0.6) is 0 Å². The van der Waals surface area contributed by atoms with Crippen LogP contribution >= 0.6 is 23.2 Å². The Labute approximate surface area is 239 Å². The SMILES string of the molecule is Nc1cc(CC(=O)Nc2ccc(Cl)c(C(=O)N[C@@H](CNC(=O)NC3CCc4ccccc43)C(=O)O)c2Cl)ccn1. The number of nitrogens with zero attached hydrogens (tertiary/aromatic N) is 1. The number of carbonyl (C=O) groups is 4. The topological polar surface area (TPSA) is 176 Å². The van der Waals surface area contributed by atoms with Crippen LogP contribution in [0.15, 0.2) is 54.7 Å². The molecule has 1 aliphatic rings. The maximum Gasteiger partial charge on any atom is 0.328 e. The van der Waals surface area contributed by atoms with Crippen molar-refractivity contribution in [3.63, 3.8) is 0 Å². The Bertz CT molecular complexity index is 1470. The monoisotopic (exact) mass is 584 g/mol. The Balaban J connectivity index is 1.38. The van der Waals surface area contributed by atoms with E-state index < -0.39 is 36.4 Å². The minimum absolute atomic E-state index is 0.0333. The second-order valence-electron chi connectivity index (χ2n) is 9.11. The first-order valence-electron chi connectivity index (χ1n) is 12.3. The Morgan fingerprint density at radius 1 is 1.10 bits per heavy atom. The predicted molar refractivity (Wildman–Crippen MR) is 150 cm³/mol. The van der Waals surface area contributed by atoms with Crippen molar-refractivity contribution in [3.05, 3.63) is 87.0 Å². The number of nitrogen functional groups attached to an aromatic ring is 1. The summed E-state index contributed by atoms with van der Waals surface area (Å²) >= 11 is 12.6. The van der Waals surface area contributed by atoms with Gasteiger partial charge in [0.2, 0.25) is 5.91 Å². The van der Waals surface area contributed by atoms with Gasteiger partial charge >= 0.3 is 12.0 Å². The van der Waals surface area contributed by atoms with Gasteiger partial charge in [0.05, 0.1) is 40.3 Å². The molecule has 0 saturated carbocycles. The van der Waals surface area contributed by atoms with Gasteiger partial charge in [0.15, 0.2) is 0 Å². The number of nitrogens with one attached hydrogen (secondary N) is 4. The zero-order valence-electron chi connectivity index (χ0n) is 21.0. The van der Waals surface area contributed by atoms with Gasteiger partial charge in [0.25, 0.3) is 5.91 Å². The van der Waals surface area contributed by atoms with Crippen LogP contribution in [0.3, 0.4) is 0 Å². The van der Waals surface area contributed by atoms with Crippen LogP contribution in [0.25, 0.3) is 0 Å². The molecular formula is C27H26Cl2N6O5. The van der Waals surface area contributed by atoms with E-state index in [9.17, 15) is 24.3 Å². The van der Waals surface area contributed by atoms with E-state index in [0.717, 1.165) is 24.0 Å². The molecule has 2 atom stereocenters. The van der Waals surface area contributed by atoms with E-state index in [1.807, 2.05) is 24.3 Å². The molecule has 4 amide bonds. The number of hydrogen-bond acceptors (Lipinski definition) is 6. The highest BCUT2D eigenvalue weighted by Gasteiger charge is 2.27. The molecule has 0 fully saturated rings. The number of rotatable bonds is 9. The molecule has 3 aromatic rings.